The highest BCUT2D eigenvalue weighted by molar-refractivity contribution is 6.00. The smallest absolute Gasteiger partial charge is 0.253 e. The average Bonchev–Trinajstić information content (AvgIpc) is 3.50. The zero-order valence-corrected chi connectivity index (χ0v) is 15.6. The molecular weight excluding hydrogens is 342 g/mol. The minimum atomic E-state index is -0.191. The number of anilines is 1. The van der Waals surface area contributed by atoms with Crippen LogP contribution in [0.2, 0.25) is 0 Å². The molecule has 3 N–H and O–H groups in total. The Labute approximate surface area is 159 Å². The van der Waals surface area contributed by atoms with Crippen molar-refractivity contribution in [2.24, 2.45) is 0 Å². The van der Waals surface area contributed by atoms with Crippen molar-refractivity contribution in [3.05, 3.63) is 59.7 Å². The summed E-state index contributed by atoms with van der Waals surface area (Å²) < 4.78 is 5.34. The van der Waals surface area contributed by atoms with Crippen LogP contribution in [-0.2, 0) is 4.79 Å². The van der Waals surface area contributed by atoms with Crippen molar-refractivity contribution in [3.63, 3.8) is 0 Å². The molecule has 3 rings (SSSR count). The van der Waals surface area contributed by atoms with Gasteiger partial charge in [0.25, 0.3) is 5.91 Å². The van der Waals surface area contributed by atoms with Gasteiger partial charge in [0.05, 0.1) is 25.3 Å². The second-order valence-electron chi connectivity index (χ2n) is 6.68. The molecule has 27 heavy (non-hydrogen) atoms. The van der Waals surface area contributed by atoms with E-state index in [0.717, 1.165) is 24.2 Å². The molecule has 0 aromatic heterocycles. The van der Waals surface area contributed by atoms with Crippen LogP contribution in [0, 0.1) is 0 Å². The van der Waals surface area contributed by atoms with Crippen LogP contribution in [0.1, 0.15) is 41.7 Å². The topological polar surface area (TPSA) is 79.5 Å². The second-order valence-corrected chi connectivity index (χ2v) is 6.68. The van der Waals surface area contributed by atoms with Crippen molar-refractivity contribution in [2.45, 2.75) is 31.8 Å². The quantitative estimate of drug-likeness (QED) is 0.670. The Balaban J connectivity index is 1.58. The Morgan fingerprint density at radius 2 is 1.81 bits per heavy atom. The summed E-state index contributed by atoms with van der Waals surface area (Å²) in [5.41, 5.74) is 2.11. The minimum absolute atomic E-state index is 0.0766. The number of hydrogen-bond donors (Lipinski definition) is 3. The number of methoxy groups -OCH3 is 1. The molecule has 0 aliphatic heterocycles. The van der Waals surface area contributed by atoms with E-state index in [1.807, 2.05) is 43.3 Å². The van der Waals surface area contributed by atoms with Gasteiger partial charge in [0.1, 0.15) is 5.75 Å². The number of ether oxygens (including phenoxy) is 1. The first-order chi connectivity index (χ1) is 13.1. The number of hydrogen-bond acceptors (Lipinski definition) is 4. The fourth-order valence-corrected chi connectivity index (χ4v) is 2.90. The summed E-state index contributed by atoms with van der Waals surface area (Å²) >= 11 is 0. The van der Waals surface area contributed by atoms with Gasteiger partial charge in [-0.2, -0.15) is 0 Å². The first-order valence-electron chi connectivity index (χ1n) is 9.14. The van der Waals surface area contributed by atoms with Gasteiger partial charge in [-0.1, -0.05) is 30.3 Å². The van der Waals surface area contributed by atoms with Crippen LogP contribution in [0.3, 0.4) is 0 Å². The van der Waals surface area contributed by atoms with Gasteiger partial charge in [0.15, 0.2) is 0 Å². The highest BCUT2D eigenvalue weighted by Crippen LogP contribution is 2.24. The van der Waals surface area contributed by atoms with E-state index in [9.17, 15) is 9.59 Å². The molecule has 2 amide bonds. The van der Waals surface area contributed by atoms with Crippen LogP contribution in [0.4, 0.5) is 5.69 Å². The number of amides is 2. The molecule has 1 saturated carbocycles. The fraction of sp³-hybridized carbons (Fsp3) is 0.333. The number of benzene rings is 2. The molecule has 2 aromatic carbocycles. The van der Waals surface area contributed by atoms with Gasteiger partial charge in [0.2, 0.25) is 5.91 Å². The van der Waals surface area contributed by atoms with Crippen molar-refractivity contribution in [1.82, 2.24) is 10.6 Å². The van der Waals surface area contributed by atoms with Crippen LogP contribution in [0.25, 0.3) is 0 Å². The molecule has 1 fully saturated rings. The SMILES string of the molecule is COc1ccccc1C(C)NC(=O)CNc1ccccc1C(=O)NC1CC1. The van der Waals surface area contributed by atoms with E-state index < -0.39 is 0 Å². The first-order valence-corrected chi connectivity index (χ1v) is 9.14. The molecule has 1 aliphatic carbocycles. The largest absolute Gasteiger partial charge is 0.496 e. The third kappa shape index (κ3) is 5.00. The number of carbonyl (C=O) groups is 2. The Hall–Kier alpha value is -3.02. The van der Waals surface area contributed by atoms with E-state index in [-0.39, 0.29) is 30.4 Å². The standard InChI is InChI=1S/C21H25N3O3/c1-14(16-7-4-6-10-19(16)27-2)23-20(25)13-22-18-9-5-3-8-17(18)21(26)24-15-11-12-15/h3-10,14-15,22H,11-13H2,1-2H3,(H,23,25)(H,24,26). The van der Waals surface area contributed by atoms with Crippen molar-refractivity contribution < 1.29 is 14.3 Å². The van der Waals surface area contributed by atoms with Crippen molar-refractivity contribution in [1.29, 1.82) is 0 Å². The molecule has 1 aliphatic rings. The maximum absolute atomic E-state index is 12.4. The van der Waals surface area contributed by atoms with E-state index in [0.29, 0.717) is 11.3 Å². The van der Waals surface area contributed by atoms with Gasteiger partial charge in [0, 0.05) is 17.3 Å². The molecule has 1 atom stereocenters. The van der Waals surface area contributed by atoms with Crippen molar-refractivity contribution >= 4 is 17.5 Å². The minimum Gasteiger partial charge on any atom is -0.496 e. The van der Waals surface area contributed by atoms with E-state index >= 15 is 0 Å². The van der Waals surface area contributed by atoms with Gasteiger partial charge in [-0.05, 0) is 38.0 Å². The summed E-state index contributed by atoms with van der Waals surface area (Å²) in [6.45, 7) is 1.99. The van der Waals surface area contributed by atoms with Gasteiger partial charge >= 0.3 is 0 Å². The van der Waals surface area contributed by atoms with Crippen LogP contribution in [0.15, 0.2) is 48.5 Å². The molecule has 142 valence electrons. The third-order valence-electron chi connectivity index (χ3n) is 4.51. The molecule has 0 saturated heterocycles. The monoisotopic (exact) mass is 367 g/mol. The van der Waals surface area contributed by atoms with E-state index in [1.165, 1.54) is 0 Å². The molecule has 2 aromatic rings. The molecule has 0 heterocycles. The molecule has 1 unspecified atom stereocenters. The van der Waals surface area contributed by atoms with Gasteiger partial charge in [-0.15, -0.1) is 0 Å². The third-order valence-corrected chi connectivity index (χ3v) is 4.51. The maximum atomic E-state index is 12.4. The van der Waals surface area contributed by atoms with E-state index in [2.05, 4.69) is 16.0 Å². The normalized spacial score (nSPS) is 14.1. The van der Waals surface area contributed by atoms with Crippen LogP contribution < -0.4 is 20.7 Å². The van der Waals surface area contributed by atoms with Crippen molar-refractivity contribution in [2.75, 3.05) is 19.0 Å². The zero-order valence-electron chi connectivity index (χ0n) is 15.6. The number of rotatable bonds is 8. The maximum Gasteiger partial charge on any atom is 0.253 e. The first kappa shape index (κ1) is 18.8. The number of para-hydroxylation sites is 2. The summed E-state index contributed by atoms with van der Waals surface area (Å²) in [7, 11) is 1.61. The lowest BCUT2D eigenvalue weighted by Crippen LogP contribution is -2.33. The van der Waals surface area contributed by atoms with Gasteiger partial charge < -0.3 is 20.7 Å². The van der Waals surface area contributed by atoms with E-state index in [4.69, 9.17) is 4.74 Å². The Morgan fingerprint density at radius 3 is 2.56 bits per heavy atom. The lowest BCUT2D eigenvalue weighted by atomic mass is 10.1. The summed E-state index contributed by atoms with van der Waals surface area (Å²) in [6, 6.07) is 14.9. The summed E-state index contributed by atoms with van der Waals surface area (Å²) in [4.78, 5) is 24.7. The molecular formula is C21H25N3O3. The van der Waals surface area contributed by atoms with Crippen molar-refractivity contribution in [3.8, 4) is 5.75 Å². The Bertz CT molecular complexity index is 818. The molecule has 6 nitrogen and oxygen atoms in total. The predicted molar refractivity (Wildman–Crippen MR) is 105 cm³/mol. The van der Waals surface area contributed by atoms with Crippen LogP contribution in [0.5, 0.6) is 5.75 Å². The van der Waals surface area contributed by atoms with Gasteiger partial charge in [-0.3, -0.25) is 9.59 Å². The van der Waals surface area contributed by atoms with Crippen LogP contribution >= 0.6 is 0 Å². The molecule has 0 radical (unpaired) electrons. The van der Waals surface area contributed by atoms with Crippen LogP contribution in [-0.4, -0.2) is 31.5 Å². The summed E-state index contributed by atoms with van der Waals surface area (Å²) in [5, 5.41) is 8.99. The zero-order chi connectivity index (χ0) is 19.2. The lowest BCUT2D eigenvalue weighted by Gasteiger charge is -2.18. The highest BCUT2D eigenvalue weighted by Gasteiger charge is 2.24. The average molecular weight is 367 g/mol. The summed E-state index contributed by atoms with van der Waals surface area (Å²) in [6.07, 6.45) is 2.06. The number of carbonyl (C=O) groups excluding carboxylic acids is 2. The number of nitrogens with one attached hydrogen (secondary N) is 3. The molecule has 0 bridgehead atoms. The Kier molecular flexibility index (Phi) is 5.96. The highest BCUT2D eigenvalue weighted by atomic mass is 16.5. The lowest BCUT2D eigenvalue weighted by molar-refractivity contribution is -0.120. The second kappa shape index (κ2) is 8.58. The molecule has 6 heteroatoms. The van der Waals surface area contributed by atoms with E-state index in [1.54, 1.807) is 19.2 Å². The Morgan fingerprint density at radius 1 is 1.11 bits per heavy atom. The molecule has 0 spiro atoms. The predicted octanol–water partition coefficient (Wildman–Crippen LogP) is 2.88. The summed E-state index contributed by atoms with van der Waals surface area (Å²) in [5.74, 6) is 0.467. The fourth-order valence-electron chi connectivity index (χ4n) is 2.90. The van der Waals surface area contributed by atoms with Gasteiger partial charge in [-0.25, -0.2) is 0 Å².